The van der Waals surface area contributed by atoms with Gasteiger partial charge in [0.15, 0.2) is 0 Å². The maximum absolute atomic E-state index is 10.0. The highest BCUT2D eigenvalue weighted by molar-refractivity contribution is 5.36. The van der Waals surface area contributed by atoms with Gasteiger partial charge in [0, 0.05) is 0 Å². The molecule has 1 nitrogen and oxygen atoms in total. The maximum atomic E-state index is 10.0. The van der Waals surface area contributed by atoms with E-state index in [2.05, 4.69) is 65.5 Å². The third-order valence-electron chi connectivity index (χ3n) is 8.63. The zero-order valence-corrected chi connectivity index (χ0v) is 19.6. The smallest absolute Gasteiger partial charge is 0.0583 e. The molecule has 1 N–H and O–H groups in total. The van der Waals surface area contributed by atoms with Crippen LogP contribution in [0, 0.1) is 35.0 Å². The Morgan fingerprint density at radius 3 is 2.52 bits per heavy atom. The Labute approximate surface area is 180 Å². The normalized spacial score (nSPS) is 38.2. The van der Waals surface area contributed by atoms with Crippen LogP contribution in [0.2, 0.25) is 0 Å². The van der Waals surface area contributed by atoms with Crippen molar-refractivity contribution in [3.63, 3.8) is 0 Å². The van der Waals surface area contributed by atoms with Gasteiger partial charge >= 0.3 is 0 Å². The summed E-state index contributed by atoms with van der Waals surface area (Å²) in [5, 5.41) is 10.0. The first-order valence-corrected chi connectivity index (χ1v) is 12.2. The van der Waals surface area contributed by atoms with E-state index in [0.717, 1.165) is 37.0 Å². The topological polar surface area (TPSA) is 20.2 Å². The minimum Gasteiger partial charge on any atom is -0.393 e. The highest BCUT2D eigenvalue weighted by Gasteiger charge is 2.50. The molecule has 0 saturated heterocycles. The van der Waals surface area contributed by atoms with Crippen LogP contribution in [0.3, 0.4) is 0 Å². The maximum Gasteiger partial charge on any atom is 0.0583 e. The summed E-state index contributed by atoms with van der Waals surface area (Å²) >= 11 is 0. The Balaban J connectivity index is 1.75. The standard InChI is InChI=1S/C28H44O/c1-19(2)20(3)9-10-22(5)26-15-16-27-23(8-7-17-28(26,27)6)12-13-24-18-25(29)14-11-21(24)4/h9-10,12-13,19-20,22,25-27,29H,4,7-8,11,14-18H2,1-3,5-6H3/b10-9+,23-12+,24-13-/t20-,22+,25-,26+,27?,28+/m0/s1. The molecular weight excluding hydrogens is 352 g/mol. The molecule has 0 spiro atoms. The Bertz CT molecular complexity index is 678. The van der Waals surface area contributed by atoms with Gasteiger partial charge in [-0.1, -0.05) is 76.6 Å². The molecule has 0 aromatic heterocycles. The van der Waals surface area contributed by atoms with Crippen molar-refractivity contribution in [2.75, 3.05) is 0 Å². The van der Waals surface area contributed by atoms with Gasteiger partial charge in [0.1, 0.15) is 0 Å². The molecule has 3 fully saturated rings. The first-order valence-electron chi connectivity index (χ1n) is 12.2. The molecule has 3 aliphatic rings. The van der Waals surface area contributed by atoms with Gasteiger partial charge in [0.25, 0.3) is 0 Å². The zero-order chi connectivity index (χ0) is 21.2. The summed E-state index contributed by atoms with van der Waals surface area (Å²) in [7, 11) is 0. The molecule has 29 heavy (non-hydrogen) atoms. The van der Waals surface area contributed by atoms with E-state index >= 15 is 0 Å². The summed E-state index contributed by atoms with van der Waals surface area (Å²) in [6, 6.07) is 0. The van der Waals surface area contributed by atoms with Crippen LogP contribution < -0.4 is 0 Å². The van der Waals surface area contributed by atoms with E-state index in [1.54, 1.807) is 5.57 Å². The lowest BCUT2D eigenvalue weighted by molar-refractivity contribution is 0.112. The molecule has 0 amide bonds. The van der Waals surface area contributed by atoms with Crippen LogP contribution >= 0.6 is 0 Å². The second-order valence-corrected chi connectivity index (χ2v) is 10.9. The summed E-state index contributed by atoms with van der Waals surface area (Å²) in [6.45, 7) is 16.3. The van der Waals surface area contributed by atoms with Crippen molar-refractivity contribution in [3.05, 3.63) is 47.6 Å². The predicted molar refractivity (Wildman–Crippen MR) is 126 cm³/mol. The van der Waals surface area contributed by atoms with Gasteiger partial charge in [-0.15, -0.1) is 0 Å². The molecule has 1 heteroatoms. The lowest BCUT2D eigenvalue weighted by Crippen LogP contribution is -2.35. The van der Waals surface area contributed by atoms with Crippen LogP contribution in [0.1, 0.15) is 86.0 Å². The van der Waals surface area contributed by atoms with E-state index in [-0.39, 0.29) is 6.10 Å². The monoisotopic (exact) mass is 396 g/mol. The van der Waals surface area contributed by atoms with Gasteiger partial charge < -0.3 is 5.11 Å². The highest BCUT2D eigenvalue weighted by atomic mass is 16.3. The van der Waals surface area contributed by atoms with Crippen LogP contribution in [0.15, 0.2) is 47.6 Å². The molecule has 0 aliphatic heterocycles. The van der Waals surface area contributed by atoms with Gasteiger partial charge in [0.05, 0.1) is 6.10 Å². The van der Waals surface area contributed by atoms with Crippen LogP contribution in [0.5, 0.6) is 0 Å². The number of fused-ring (bicyclic) bond motifs is 1. The molecular formula is C28H44O. The summed E-state index contributed by atoms with van der Waals surface area (Å²) in [5.41, 5.74) is 4.61. The summed E-state index contributed by atoms with van der Waals surface area (Å²) in [4.78, 5) is 0. The molecule has 0 radical (unpaired) electrons. The van der Waals surface area contributed by atoms with Gasteiger partial charge in [-0.25, -0.2) is 0 Å². The van der Waals surface area contributed by atoms with E-state index in [4.69, 9.17) is 0 Å². The molecule has 3 aliphatic carbocycles. The molecule has 3 saturated carbocycles. The lowest BCUT2D eigenvalue weighted by Gasteiger charge is -2.44. The van der Waals surface area contributed by atoms with E-state index in [0.29, 0.717) is 17.3 Å². The first kappa shape index (κ1) is 22.6. The van der Waals surface area contributed by atoms with Crippen molar-refractivity contribution in [2.24, 2.45) is 35.0 Å². The van der Waals surface area contributed by atoms with E-state index in [1.165, 1.54) is 43.3 Å². The Kier molecular flexibility index (Phi) is 7.31. The first-order chi connectivity index (χ1) is 13.7. The summed E-state index contributed by atoms with van der Waals surface area (Å²) < 4.78 is 0. The number of hydrogen-bond acceptors (Lipinski definition) is 1. The molecule has 0 aromatic rings. The van der Waals surface area contributed by atoms with Crippen LogP contribution in [-0.2, 0) is 0 Å². The minimum absolute atomic E-state index is 0.182. The average molecular weight is 397 g/mol. The van der Waals surface area contributed by atoms with E-state index < -0.39 is 0 Å². The number of aliphatic hydroxyl groups excluding tert-OH is 1. The average Bonchev–Trinajstić information content (AvgIpc) is 3.04. The molecule has 3 rings (SSSR count). The fourth-order valence-electron chi connectivity index (χ4n) is 6.25. The molecule has 1 unspecified atom stereocenters. The van der Waals surface area contributed by atoms with Crippen molar-refractivity contribution < 1.29 is 5.11 Å². The summed E-state index contributed by atoms with van der Waals surface area (Å²) in [5.74, 6) is 3.58. The largest absolute Gasteiger partial charge is 0.393 e. The van der Waals surface area contributed by atoms with Gasteiger partial charge in [-0.3, -0.25) is 0 Å². The van der Waals surface area contributed by atoms with Crippen LogP contribution in [0.25, 0.3) is 0 Å². The molecule has 0 bridgehead atoms. The lowest BCUT2D eigenvalue weighted by atomic mass is 9.61. The number of rotatable bonds is 5. The van der Waals surface area contributed by atoms with Crippen molar-refractivity contribution in [2.45, 2.75) is 92.1 Å². The third kappa shape index (κ3) is 4.98. The number of allylic oxidation sites excluding steroid dienone is 6. The Morgan fingerprint density at radius 2 is 1.79 bits per heavy atom. The minimum atomic E-state index is -0.182. The van der Waals surface area contributed by atoms with Gasteiger partial charge in [0.2, 0.25) is 0 Å². The number of hydrogen-bond donors (Lipinski definition) is 1. The van der Waals surface area contributed by atoms with Gasteiger partial charge in [-0.2, -0.15) is 0 Å². The molecule has 0 aromatic carbocycles. The Morgan fingerprint density at radius 1 is 1.03 bits per heavy atom. The molecule has 162 valence electrons. The van der Waals surface area contributed by atoms with Crippen LogP contribution in [0.4, 0.5) is 0 Å². The fraction of sp³-hybridized carbons (Fsp3) is 0.714. The van der Waals surface area contributed by atoms with Crippen molar-refractivity contribution in [3.8, 4) is 0 Å². The van der Waals surface area contributed by atoms with Crippen LogP contribution in [-0.4, -0.2) is 11.2 Å². The second-order valence-electron chi connectivity index (χ2n) is 10.9. The third-order valence-corrected chi connectivity index (χ3v) is 8.63. The van der Waals surface area contributed by atoms with E-state index in [9.17, 15) is 5.11 Å². The highest BCUT2D eigenvalue weighted by Crippen LogP contribution is 2.59. The summed E-state index contributed by atoms with van der Waals surface area (Å²) in [6.07, 6.45) is 18.8. The number of aliphatic hydroxyl groups is 1. The van der Waals surface area contributed by atoms with Crippen molar-refractivity contribution >= 4 is 0 Å². The fourth-order valence-corrected chi connectivity index (χ4v) is 6.25. The van der Waals surface area contributed by atoms with E-state index in [1.807, 2.05) is 0 Å². The molecule has 0 heterocycles. The second kappa shape index (κ2) is 9.38. The van der Waals surface area contributed by atoms with Crippen molar-refractivity contribution in [1.29, 1.82) is 0 Å². The zero-order valence-electron chi connectivity index (χ0n) is 19.6. The van der Waals surface area contributed by atoms with Crippen molar-refractivity contribution in [1.82, 2.24) is 0 Å². The predicted octanol–water partition coefficient (Wildman–Crippen LogP) is 7.64. The quantitative estimate of drug-likeness (QED) is 0.473. The van der Waals surface area contributed by atoms with Gasteiger partial charge in [-0.05, 0) is 91.9 Å². The Hall–Kier alpha value is -1.08. The molecule has 6 atom stereocenters. The SMILES string of the molecule is C=C1CC[C@H](O)C/C1=C/C=C1\CCC[C@@]2(C)C1CC[C@@H]2[C@H](C)/C=C/[C@H](C)C(C)C.